The molecule has 2 aliphatic heterocycles. The van der Waals surface area contributed by atoms with Crippen LogP contribution in [0.4, 0.5) is 0 Å². The van der Waals surface area contributed by atoms with Crippen molar-refractivity contribution in [3.05, 3.63) is 21.7 Å². The number of hydrogen-bond donors (Lipinski definition) is 1. The third kappa shape index (κ3) is 3.07. The molecule has 3 rings (SSSR count). The molecule has 1 fully saturated rings. The molecule has 3 nitrogen and oxygen atoms in total. The predicted molar refractivity (Wildman–Crippen MR) is 88.4 cm³/mol. The van der Waals surface area contributed by atoms with Crippen molar-refractivity contribution in [2.75, 3.05) is 19.8 Å². The fraction of sp³-hybridized carbons (Fsp3) is 0.647. The monoisotopic (exact) mass is 353 g/mol. The molecule has 21 heavy (non-hydrogen) atoms. The molecule has 2 aliphatic rings. The molecule has 116 valence electrons. The summed E-state index contributed by atoms with van der Waals surface area (Å²) >= 11 is 3.78. The van der Waals surface area contributed by atoms with Gasteiger partial charge in [-0.25, -0.2) is 0 Å². The van der Waals surface area contributed by atoms with Crippen molar-refractivity contribution >= 4 is 15.9 Å². The van der Waals surface area contributed by atoms with Crippen LogP contribution >= 0.6 is 15.9 Å². The van der Waals surface area contributed by atoms with Crippen molar-refractivity contribution in [3.8, 4) is 11.5 Å². The number of piperidine rings is 1. The highest BCUT2D eigenvalue weighted by Crippen LogP contribution is 2.46. The summed E-state index contributed by atoms with van der Waals surface area (Å²) in [6, 6.07) is 2.51. The van der Waals surface area contributed by atoms with E-state index in [0.717, 1.165) is 42.2 Å². The molecular formula is C17H24BrNO2. The highest BCUT2D eigenvalue weighted by atomic mass is 79.9. The van der Waals surface area contributed by atoms with Gasteiger partial charge in [-0.15, -0.1) is 0 Å². The summed E-state index contributed by atoms with van der Waals surface area (Å²) in [6.45, 7) is 7.05. The van der Waals surface area contributed by atoms with Gasteiger partial charge in [0.1, 0.15) is 0 Å². The van der Waals surface area contributed by atoms with E-state index in [1.165, 1.54) is 30.4 Å². The lowest BCUT2D eigenvalue weighted by Gasteiger charge is -2.30. The van der Waals surface area contributed by atoms with E-state index in [-0.39, 0.29) is 0 Å². The van der Waals surface area contributed by atoms with Crippen LogP contribution in [-0.4, -0.2) is 19.8 Å². The molecule has 1 atom stereocenters. The molecule has 0 bridgehead atoms. The minimum absolute atomic E-state index is 0.414. The minimum atomic E-state index is 0.414. The second kappa shape index (κ2) is 6.57. The Morgan fingerprint density at radius 1 is 1.19 bits per heavy atom. The number of halogens is 1. The molecule has 0 radical (unpaired) electrons. The largest absolute Gasteiger partial charge is 0.490 e. The topological polar surface area (TPSA) is 30.5 Å². The van der Waals surface area contributed by atoms with E-state index in [1.54, 1.807) is 0 Å². The van der Waals surface area contributed by atoms with Crippen LogP contribution in [0.3, 0.4) is 0 Å². The first kappa shape index (κ1) is 15.2. The van der Waals surface area contributed by atoms with Gasteiger partial charge in [0, 0.05) is 22.5 Å². The molecule has 0 amide bonds. The van der Waals surface area contributed by atoms with Crippen LogP contribution in [-0.2, 0) is 0 Å². The zero-order valence-corrected chi connectivity index (χ0v) is 14.5. The Balaban J connectivity index is 2.11. The SMILES string of the molecule is CC(C)c1c2c(cc(Br)c1C1CCCCN1)OCCCO2. The Labute approximate surface area is 135 Å². The average molecular weight is 354 g/mol. The molecule has 0 aliphatic carbocycles. The van der Waals surface area contributed by atoms with Gasteiger partial charge in [0.05, 0.1) is 13.2 Å². The first-order valence-corrected chi connectivity index (χ1v) is 8.83. The van der Waals surface area contributed by atoms with Crippen LogP contribution in [0.5, 0.6) is 11.5 Å². The second-order valence-corrected chi connectivity index (χ2v) is 7.08. The van der Waals surface area contributed by atoms with Crippen LogP contribution in [0.2, 0.25) is 0 Å². The molecule has 1 aromatic rings. The molecule has 2 heterocycles. The van der Waals surface area contributed by atoms with Crippen molar-refractivity contribution in [2.24, 2.45) is 0 Å². The van der Waals surface area contributed by atoms with Gasteiger partial charge in [0.2, 0.25) is 0 Å². The molecule has 1 aromatic carbocycles. The molecular weight excluding hydrogens is 330 g/mol. The average Bonchev–Trinajstić information content (AvgIpc) is 2.71. The van der Waals surface area contributed by atoms with Gasteiger partial charge in [-0.2, -0.15) is 0 Å². The number of fused-ring (bicyclic) bond motifs is 1. The summed E-state index contributed by atoms with van der Waals surface area (Å²) < 4.78 is 13.1. The van der Waals surface area contributed by atoms with E-state index in [9.17, 15) is 0 Å². The zero-order chi connectivity index (χ0) is 14.8. The lowest BCUT2D eigenvalue weighted by atomic mass is 9.88. The van der Waals surface area contributed by atoms with Crippen molar-refractivity contribution in [1.82, 2.24) is 5.32 Å². The minimum Gasteiger partial charge on any atom is -0.490 e. The van der Waals surface area contributed by atoms with E-state index in [0.29, 0.717) is 12.0 Å². The normalized spacial score (nSPS) is 22.2. The maximum atomic E-state index is 6.05. The Kier molecular flexibility index (Phi) is 4.75. The number of rotatable bonds is 2. The summed E-state index contributed by atoms with van der Waals surface area (Å²) in [6.07, 6.45) is 4.70. The van der Waals surface area contributed by atoms with Gasteiger partial charge < -0.3 is 14.8 Å². The third-order valence-corrected chi connectivity index (χ3v) is 4.96. The Bertz CT molecular complexity index is 510. The number of nitrogens with one attached hydrogen (secondary N) is 1. The molecule has 0 saturated carbocycles. The van der Waals surface area contributed by atoms with Gasteiger partial charge in [-0.05, 0) is 36.9 Å². The molecule has 1 N–H and O–H groups in total. The van der Waals surface area contributed by atoms with Crippen LogP contribution in [0, 0.1) is 0 Å². The summed E-state index contributed by atoms with van der Waals surface area (Å²) in [5, 5.41) is 3.67. The number of benzene rings is 1. The molecule has 4 heteroatoms. The van der Waals surface area contributed by atoms with Crippen LogP contribution in [0.1, 0.15) is 62.6 Å². The quantitative estimate of drug-likeness (QED) is 0.845. The van der Waals surface area contributed by atoms with Crippen LogP contribution < -0.4 is 14.8 Å². The van der Waals surface area contributed by atoms with Crippen molar-refractivity contribution in [2.45, 2.75) is 51.5 Å². The van der Waals surface area contributed by atoms with Crippen LogP contribution in [0.25, 0.3) is 0 Å². The fourth-order valence-electron chi connectivity index (χ4n) is 3.34. The van der Waals surface area contributed by atoms with Gasteiger partial charge in [0.25, 0.3) is 0 Å². The van der Waals surface area contributed by atoms with Gasteiger partial charge in [-0.3, -0.25) is 0 Å². The lowest BCUT2D eigenvalue weighted by Crippen LogP contribution is -2.28. The van der Waals surface area contributed by atoms with E-state index >= 15 is 0 Å². The van der Waals surface area contributed by atoms with E-state index in [1.807, 2.05) is 0 Å². The first-order chi connectivity index (χ1) is 10.2. The molecule has 0 aromatic heterocycles. The Morgan fingerprint density at radius 3 is 2.71 bits per heavy atom. The second-order valence-electron chi connectivity index (χ2n) is 6.22. The maximum Gasteiger partial charge on any atom is 0.165 e. The Morgan fingerprint density at radius 2 is 2.00 bits per heavy atom. The standard InChI is InChI=1S/C17H24BrNO2/c1-11(2)15-16(13-6-3-4-7-19-13)12(18)10-14-17(15)21-9-5-8-20-14/h10-11,13,19H,3-9H2,1-2H3. The van der Waals surface area contributed by atoms with E-state index < -0.39 is 0 Å². The zero-order valence-electron chi connectivity index (χ0n) is 12.9. The van der Waals surface area contributed by atoms with Crippen LogP contribution in [0.15, 0.2) is 10.5 Å². The highest BCUT2D eigenvalue weighted by Gasteiger charge is 2.28. The van der Waals surface area contributed by atoms with Gasteiger partial charge >= 0.3 is 0 Å². The van der Waals surface area contributed by atoms with E-state index in [2.05, 4.69) is 41.2 Å². The molecule has 1 saturated heterocycles. The van der Waals surface area contributed by atoms with Gasteiger partial charge in [0.15, 0.2) is 11.5 Å². The van der Waals surface area contributed by atoms with Gasteiger partial charge in [-0.1, -0.05) is 36.2 Å². The summed E-state index contributed by atoms with van der Waals surface area (Å²) in [5.41, 5.74) is 2.68. The highest BCUT2D eigenvalue weighted by molar-refractivity contribution is 9.10. The van der Waals surface area contributed by atoms with Crippen molar-refractivity contribution in [1.29, 1.82) is 0 Å². The smallest absolute Gasteiger partial charge is 0.165 e. The first-order valence-electron chi connectivity index (χ1n) is 8.03. The van der Waals surface area contributed by atoms with E-state index in [4.69, 9.17) is 9.47 Å². The maximum absolute atomic E-state index is 6.05. The summed E-state index contributed by atoms with van der Waals surface area (Å²) in [7, 11) is 0. The van der Waals surface area contributed by atoms with Crippen molar-refractivity contribution < 1.29 is 9.47 Å². The number of hydrogen-bond acceptors (Lipinski definition) is 3. The molecule has 0 spiro atoms. The lowest BCUT2D eigenvalue weighted by molar-refractivity contribution is 0.295. The Hall–Kier alpha value is -0.740. The van der Waals surface area contributed by atoms with Crippen molar-refractivity contribution in [3.63, 3.8) is 0 Å². The summed E-state index contributed by atoms with van der Waals surface area (Å²) in [4.78, 5) is 0. The molecule has 1 unspecified atom stereocenters. The third-order valence-electron chi connectivity index (χ3n) is 4.30. The fourth-order valence-corrected chi connectivity index (χ4v) is 4.04. The predicted octanol–water partition coefficient (Wildman–Crippen LogP) is 4.55. The number of ether oxygens (including phenoxy) is 2. The summed E-state index contributed by atoms with van der Waals surface area (Å²) in [5.74, 6) is 2.27.